The predicted octanol–water partition coefficient (Wildman–Crippen LogP) is 9.35. The Morgan fingerprint density at radius 2 is 1.52 bits per heavy atom. The van der Waals surface area contributed by atoms with E-state index in [-0.39, 0.29) is 11.1 Å². The third kappa shape index (κ3) is 5.91. The van der Waals surface area contributed by atoms with Crippen molar-refractivity contribution in [2.24, 2.45) is 11.8 Å². The first-order valence-corrected chi connectivity index (χ1v) is 13.0. The van der Waals surface area contributed by atoms with Crippen LogP contribution in [0.4, 0.5) is 13.2 Å². The van der Waals surface area contributed by atoms with Gasteiger partial charge in [-0.05, 0) is 54.7 Å². The van der Waals surface area contributed by atoms with Crippen LogP contribution in [0, 0.1) is 29.3 Å². The molecule has 178 valence electrons. The van der Waals surface area contributed by atoms with Crippen molar-refractivity contribution in [3.63, 3.8) is 0 Å². The molecule has 0 amide bonds. The number of benzene rings is 2. The molecule has 0 unspecified atom stereocenters. The van der Waals surface area contributed by atoms with E-state index in [1.807, 2.05) is 6.07 Å². The lowest BCUT2D eigenvalue weighted by Gasteiger charge is -2.29. The van der Waals surface area contributed by atoms with Crippen LogP contribution in [-0.4, -0.2) is 0 Å². The van der Waals surface area contributed by atoms with Gasteiger partial charge in [0, 0.05) is 11.1 Å². The second kappa shape index (κ2) is 11.4. The fourth-order valence-corrected chi connectivity index (χ4v) is 5.78. The van der Waals surface area contributed by atoms with E-state index in [9.17, 15) is 8.78 Å². The minimum atomic E-state index is -0.987. The monoisotopic (exact) mass is 454 g/mol. The van der Waals surface area contributed by atoms with Gasteiger partial charge in [-0.1, -0.05) is 101 Å². The number of fused-ring (bicyclic) bond motifs is 1. The summed E-state index contributed by atoms with van der Waals surface area (Å²) in [5.41, 5.74) is 3.15. The van der Waals surface area contributed by atoms with Gasteiger partial charge in [-0.3, -0.25) is 0 Å². The Balaban J connectivity index is 1.30. The van der Waals surface area contributed by atoms with Crippen molar-refractivity contribution in [1.29, 1.82) is 0 Å². The highest BCUT2D eigenvalue weighted by molar-refractivity contribution is 5.67. The molecule has 0 aromatic heterocycles. The molecule has 4 rings (SSSR count). The summed E-state index contributed by atoms with van der Waals surface area (Å²) in [6.07, 6.45) is 18.2. The minimum Gasteiger partial charge on any atom is -0.206 e. The van der Waals surface area contributed by atoms with E-state index in [0.29, 0.717) is 12.0 Å². The second-order valence-electron chi connectivity index (χ2n) is 10.2. The molecular weight excluding hydrogens is 417 g/mol. The summed E-state index contributed by atoms with van der Waals surface area (Å²) in [5, 5.41) is 0. The van der Waals surface area contributed by atoms with Gasteiger partial charge in [0.1, 0.15) is 5.82 Å². The highest BCUT2D eigenvalue weighted by Gasteiger charge is 2.23. The number of allylic oxidation sites excluding steroid dienone is 2. The van der Waals surface area contributed by atoms with Crippen LogP contribution in [0.15, 0.2) is 42.0 Å². The SMILES string of the molecule is CCCCCCC1CCC(CCC2=CCc3c(ccc(-c4cccc(F)c4F)c3F)C2)CC1. The molecular formula is C30H37F3. The van der Waals surface area contributed by atoms with Crippen molar-refractivity contribution in [2.45, 2.75) is 90.4 Å². The Morgan fingerprint density at radius 3 is 2.27 bits per heavy atom. The predicted molar refractivity (Wildman–Crippen MR) is 131 cm³/mol. The van der Waals surface area contributed by atoms with Gasteiger partial charge in [-0.25, -0.2) is 13.2 Å². The molecule has 2 aromatic rings. The third-order valence-electron chi connectivity index (χ3n) is 7.90. The highest BCUT2D eigenvalue weighted by atomic mass is 19.2. The van der Waals surface area contributed by atoms with Crippen molar-refractivity contribution >= 4 is 0 Å². The van der Waals surface area contributed by atoms with Crippen LogP contribution in [0.1, 0.15) is 88.7 Å². The molecule has 33 heavy (non-hydrogen) atoms. The lowest BCUT2D eigenvalue weighted by Crippen LogP contribution is -2.15. The van der Waals surface area contributed by atoms with Crippen LogP contribution >= 0.6 is 0 Å². The average molecular weight is 455 g/mol. The topological polar surface area (TPSA) is 0 Å². The van der Waals surface area contributed by atoms with Crippen LogP contribution in [0.5, 0.6) is 0 Å². The molecule has 1 saturated carbocycles. The highest BCUT2D eigenvalue weighted by Crippen LogP contribution is 2.37. The van der Waals surface area contributed by atoms with Crippen molar-refractivity contribution < 1.29 is 13.2 Å². The van der Waals surface area contributed by atoms with E-state index < -0.39 is 17.5 Å². The van der Waals surface area contributed by atoms with Crippen LogP contribution in [0.25, 0.3) is 11.1 Å². The van der Waals surface area contributed by atoms with Crippen LogP contribution in [0.3, 0.4) is 0 Å². The first kappa shape index (κ1) is 24.1. The number of halogens is 3. The van der Waals surface area contributed by atoms with E-state index in [1.165, 1.54) is 81.9 Å². The molecule has 0 aliphatic heterocycles. The summed E-state index contributed by atoms with van der Waals surface area (Å²) in [6, 6.07) is 7.42. The molecule has 2 aliphatic rings. The summed E-state index contributed by atoms with van der Waals surface area (Å²) in [7, 11) is 0. The first-order valence-electron chi connectivity index (χ1n) is 13.0. The molecule has 3 heteroatoms. The Bertz CT molecular complexity index is 967. The van der Waals surface area contributed by atoms with Gasteiger partial charge in [0.25, 0.3) is 0 Å². The maximum absolute atomic E-state index is 15.2. The van der Waals surface area contributed by atoms with Gasteiger partial charge in [-0.2, -0.15) is 0 Å². The molecule has 2 aromatic carbocycles. The van der Waals surface area contributed by atoms with Crippen molar-refractivity contribution in [3.05, 3.63) is 70.6 Å². The fraction of sp³-hybridized carbons (Fsp3) is 0.533. The largest absolute Gasteiger partial charge is 0.206 e. The lowest BCUT2D eigenvalue weighted by atomic mass is 9.77. The maximum atomic E-state index is 15.2. The van der Waals surface area contributed by atoms with Crippen LogP contribution in [0.2, 0.25) is 0 Å². The molecule has 0 atom stereocenters. The molecule has 0 heterocycles. The standard InChI is InChI=1S/C30H37F3/c1-2-3-4-5-7-21-10-12-22(13-11-21)14-15-23-16-18-25-24(20-23)17-19-27(29(25)32)26-8-6-9-28(31)30(26)33/h6,8-9,16-17,19,21-22H,2-5,7,10-15,18,20H2,1H3. The van der Waals surface area contributed by atoms with Gasteiger partial charge >= 0.3 is 0 Å². The molecule has 0 N–H and O–H groups in total. The molecule has 0 radical (unpaired) electrons. The zero-order chi connectivity index (χ0) is 23.2. The maximum Gasteiger partial charge on any atom is 0.166 e. The Kier molecular flexibility index (Phi) is 8.33. The van der Waals surface area contributed by atoms with E-state index in [2.05, 4.69) is 13.0 Å². The summed E-state index contributed by atoms with van der Waals surface area (Å²) in [6.45, 7) is 2.27. The zero-order valence-corrected chi connectivity index (χ0v) is 19.9. The summed E-state index contributed by atoms with van der Waals surface area (Å²) in [5.74, 6) is -0.575. The minimum absolute atomic E-state index is 0.00829. The van der Waals surface area contributed by atoms with E-state index >= 15 is 4.39 Å². The quantitative estimate of drug-likeness (QED) is 0.261. The fourth-order valence-electron chi connectivity index (χ4n) is 5.78. The van der Waals surface area contributed by atoms with Crippen molar-refractivity contribution in [3.8, 4) is 11.1 Å². The van der Waals surface area contributed by atoms with E-state index in [4.69, 9.17) is 0 Å². The number of unbranched alkanes of at least 4 members (excludes halogenated alkanes) is 3. The lowest BCUT2D eigenvalue weighted by molar-refractivity contribution is 0.248. The molecule has 0 saturated heterocycles. The van der Waals surface area contributed by atoms with Gasteiger partial charge in [0.2, 0.25) is 0 Å². The van der Waals surface area contributed by atoms with Gasteiger partial charge in [0.05, 0.1) is 0 Å². The Hall–Kier alpha value is -2.03. The molecule has 2 aliphatic carbocycles. The smallest absolute Gasteiger partial charge is 0.166 e. The summed E-state index contributed by atoms with van der Waals surface area (Å²) >= 11 is 0. The van der Waals surface area contributed by atoms with Crippen molar-refractivity contribution in [2.75, 3.05) is 0 Å². The summed E-state index contributed by atoms with van der Waals surface area (Å²) in [4.78, 5) is 0. The Morgan fingerprint density at radius 1 is 0.788 bits per heavy atom. The summed E-state index contributed by atoms with van der Waals surface area (Å²) < 4.78 is 43.0. The van der Waals surface area contributed by atoms with Gasteiger partial charge in [0.15, 0.2) is 11.6 Å². The van der Waals surface area contributed by atoms with Crippen LogP contribution < -0.4 is 0 Å². The third-order valence-corrected chi connectivity index (χ3v) is 7.90. The van der Waals surface area contributed by atoms with Crippen LogP contribution in [-0.2, 0) is 12.8 Å². The molecule has 0 nitrogen and oxygen atoms in total. The number of hydrogen-bond donors (Lipinski definition) is 0. The average Bonchev–Trinajstić information content (AvgIpc) is 2.83. The second-order valence-corrected chi connectivity index (χ2v) is 10.2. The Labute approximate surface area is 197 Å². The normalized spacial score (nSPS) is 20.4. The zero-order valence-electron chi connectivity index (χ0n) is 19.9. The van der Waals surface area contributed by atoms with E-state index in [0.717, 1.165) is 36.3 Å². The number of hydrogen-bond acceptors (Lipinski definition) is 0. The van der Waals surface area contributed by atoms with Gasteiger partial charge < -0.3 is 0 Å². The molecule has 1 fully saturated rings. The van der Waals surface area contributed by atoms with Gasteiger partial charge in [-0.15, -0.1) is 0 Å². The molecule has 0 bridgehead atoms. The van der Waals surface area contributed by atoms with Crippen molar-refractivity contribution in [1.82, 2.24) is 0 Å². The number of rotatable bonds is 9. The molecule has 0 spiro atoms. The first-order chi connectivity index (χ1) is 16.1. The van der Waals surface area contributed by atoms with E-state index in [1.54, 1.807) is 6.07 Å².